The van der Waals surface area contributed by atoms with Crippen LogP contribution in [0, 0.1) is 0 Å². The fourth-order valence-electron chi connectivity index (χ4n) is 1.78. The minimum absolute atomic E-state index is 0.131. The molecule has 14 heavy (non-hydrogen) atoms. The molecule has 0 bridgehead atoms. The van der Waals surface area contributed by atoms with Crippen LogP contribution in [-0.2, 0) is 0 Å². The van der Waals surface area contributed by atoms with Gasteiger partial charge in [-0.3, -0.25) is 0 Å². The zero-order chi connectivity index (χ0) is 9.80. The Kier molecular flexibility index (Phi) is 3.14. The Morgan fingerprint density at radius 3 is 2.64 bits per heavy atom. The second kappa shape index (κ2) is 4.55. The third-order valence-corrected chi connectivity index (χ3v) is 2.59. The van der Waals surface area contributed by atoms with E-state index in [1.54, 1.807) is 0 Å². The smallest absolute Gasteiger partial charge is 0.0955 e. The second-order valence-electron chi connectivity index (χ2n) is 3.62. The lowest BCUT2D eigenvalue weighted by Crippen LogP contribution is -2.51. The molecule has 1 unspecified atom stereocenters. The van der Waals surface area contributed by atoms with Gasteiger partial charge in [-0.05, 0) is 5.56 Å². The van der Waals surface area contributed by atoms with Gasteiger partial charge >= 0.3 is 0 Å². The van der Waals surface area contributed by atoms with E-state index in [1.807, 2.05) is 30.3 Å². The summed E-state index contributed by atoms with van der Waals surface area (Å²) in [4.78, 5) is 0. The van der Waals surface area contributed by atoms with Crippen molar-refractivity contribution in [1.82, 2.24) is 10.6 Å². The van der Waals surface area contributed by atoms with Crippen LogP contribution in [0.4, 0.5) is 0 Å². The van der Waals surface area contributed by atoms with Gasteiger partial charge in [-0.25, -0.2) is 0 Å². The van der Waals surface area contributed by atoms with E-state index in [-0.39, 0.29) is 6.04 Å². The molecule has 1 saturated heterocycles. The van der Waals surface area contributed by atoms with Gasteiger partial charge in [-0.2, -0.15) is 0 Å². The zero-order valence-electron chi connectivity index (χ0n) is 8.11. The molecule has 1 aromatic rings. The molecule has 0 amide bonds. The molecule has 3 heteroatoms. The standard InChI is InChI=1S/C11H16N2O/c14-11(9-4-2-1-3-5-9)10-8-12-6-7-13-10/h1-5,10-14H,6-8H2/t10-,11?/m1/s1. The average Bonchev–Trinajstić information content (AvgIpc) is 2.30. The van der Waals surface area contributed by atoms with Gasteiger partial charge < -0.3 is 15.7 Å². The van der Waals surface area contributed by atoms with E-state index in [0.717, 1.165) is 25.2 Å². The summed E-state index contributed by atoms with van der Waals surface area (Å²) in [6.07, 6.45) is -0.413. The first-order chi connectivity index (χ1) is 6.88. The first kappa shape index (κ1) is 9.65. The highest BCUT2D eigenvalue weighted by Crippen LogP contribution is 2.16. The number of benzene rings is 1. The topological polar surface area (TPSA) is 44.3 Å². The number of nitrogens with one attached hydrogen (secondary N) is 2. The lowest BCUT2D eigenvalue weighted by atomic mass is 10.0. The van der Waals surface area contributed by atoms with Gasteiger partial charge in [0, 0.05) is 25.7 Å². The molecule has 2 rings (SSSR count). The van der Waals surface area contributed by atoms with E-state index in [1.165, 1.54) is 0 Å². The zero-order valence-corrected chi connectivity index (χ0v) is 8.11. The van der Waals surface area contributed by atoms with Crippen LogP contribution in [0.2, 0.25) is 0 Å². The highest BCUT2D eigenvalue weighted by atomic mass is 16.3. The van der Waals surface area contributed by atoms with E-state index in [9.17, 15) is 5.11 Å². The number of rotatable bonds is 2. The van der Waals surface area contributed by atoms with Crippen molar-refractivity contribution in [1.29, 1.82) is 0 Å². The fraction of sp³-hybridized carbons (Fsp3) is 0.455. The van der Waals surface area contributed by atoms with E-state index in [4.69, 9.17) is 0 Å². The molecule has 1 aliphatic heterocycles. The third-order valence-electron chi connectivity index (χ3n) is 2.59. The van der Waals surface area contributed by atoms with Crippen molar-refractivity contribution in [2.24, 2.45) is 0 Å². The van der Waals surface area contributed by atoms with Crippen LogP contribution in [0.15, 0.2) is 30.3 Å². The molecule has 2 atom stereocenters. The number of aliphatic hydroxyl groups is 1. The van der Waals surface area contributed by atoms with E-state index >= 15 is 0 Å². The molecule has 1 aliphatic rings. The molecule has 0 aromatic heterocycles. The Morgan fingerprint density at radius 1 is 1.21 bits per heavy atom. The maximum absolute atomic E-state index is 10.0. The molecular weight excluding hydrogens is 176 g/mol. The Balaban J connectivity index is 2.03. The summed E-state index contributed by atoms with van der Waals surface area (Å²) in [6, 6.07) is 9.92. The van der Waals surface area contributed by atoms with Gasteiger partial charge in [0.2, 0.25) is 0 Å². The minimum atomic E-state index is -0.413. The summed E-state index contributed by atoms with van der Waals surface area (Å²) in [5.41, 5.74) is 0.980. The lowest BCUT2D eigenvalue weighted by Gasteiger charge is -2.28. The second-order valence-corrected chi connectivity index (χ2v) is 3.62. The van der Waals surface area contributed by atoms with Crippen LogP contribution in [0.5, 0.6) is 0 Å². The van der Waals surface area contributed by atoms with Crippen LogP contribution in [0.25, 0.3) is 0 Å². The predicted molar refractivity (Wildman–Crippen MR) is 56.1 cm³/mol. The van der Waals surface area contributed by atoms with Crippen molar-refractivity contribution in [2.75, 3.05) is 19.6 Å². The molecule has 3 nitrogen and oxygen atoms in total. The van der Waals surface area contributed by atoms with Gasteiger partial charge in [-0.15, -0.1) is 0 Å². The van der Waals surface area contributed by atoms with Crippen LogP contribution >= 0.6 is 0 Å². The van der Waals surface area contributed by atoms with Crippen molar-refractivity contribution < 1.29 is 5.11 Å². The van der Waals surface area contributed by atoms with Crippen molar-refractivity contribution in [2.45, 2.75) is 12.1 Å². The normalized spacial score (nSPS) is 24.5. The van der Waals surface area contributed by atoms with Crippen molar-refractivity contribution in [3.8, 4) is 0 Å². The highest BCUT2D eigenvalue weighted by Gasteiger charge is 2.21. The maximum atomic E-state index is 10.0. The van der Waals surface area contributed by atoms with Crippen molar-refractivity contribution in [3.05, 3.63) is 35.9 Å². The summed E-state index contributed by atoms with van der Waals surface area (Å²) < 4.78 is 0. The molecule has 1 fully saturated rings. The summed E-state index contributed by atoms with van der Waals surface area (Å²) >= 11 is 0. The predicted octanol–water partition coefficient (Wildman–Crippen LogP) is 0.281. The number of hydrogen-bond donors (Lipinski definition) is 3. The highest BCUT2D eigenvalue weighted by molar-refractivity contribution is 5.19. The number of aliphatic hydroxyl groups excluding tert-OH is 1. The Labute approximate surface area is 84.1 Å². The van der Waals surface area contributed by atoms with E-state index in [2.05, 4.69) is 10.6 Å². The van der Waals surface area contributed by atoms with Crippen LogP contribution in [0.3, 0.4) is 0 Å². The minimum Gasteiger partial charge on any atom is -0.387 e. The van der Waals surface area contributed by atoms with Crippen LogP contribution in [0.1, 0.15) is 11.7 Å². The van der Waals surface area contributed by atoms with Crippen LogP contribution in [-0.4, -0.2) is 30.8 Å². The first-order valence-corrected chi connectivity index (χ1v) is 5.05. The number of hydrogen-bond acceptors (Lipinski definition) is 3. The van der Waals surface area contributed by atoms with E-state index in [0.29, 0.717) is 0 Å². The van der Waals surface area contributed by atoms with Gasteiger partial charge in [0.25, 0.3) is 0 Å². The summed E-state index contributed by atoms with van der Waals surface area (Å²) in [6.45, 7) is 2.74. The summed E-state index contributed by atoms with van der Waals surface area (Å²) in [5, 5.41) is 16.6. The quantitative estimate of drug-likeness (QED) is 0.630. The summed E-state index contributed by atoms with van der Waals surface area (Å²) in [5.74, 6) is 0. The molecular formula is C11H16N2O. The van der Waals surface area contributed by atoms with Crippen molar-refractivity contribution >= 4 is 0 Å². The molecule has 1 heterocycles. The molecule has 76 valence electrons. The SMILES string of the molecule is OC(c1ccccc1)[C@H]1CNCCN1. The molecule has 3 N–H and O–H groups in total. The molecule has 0 spiro atoms. The molecule has 1 aromatic carbocycles. The van der Waals surface area contributed by atoms with Gasteiger partial charge in [-0.1, -0.05) is 30.3 Å². The Hall–Kier alpha value is -0.900. The van der Waals surface area contributed by atoms with Gasteiger partial charge in [0.05, 0.1) is 6.10 Å². The van der Waals surface area contributed by atoms with Crippen molar-refractivity contribution in [3.63, 3.8) is 0 Å². The Bertz CT molecular complexity index is 270. The average molecular weight is 192 g/mol. The lowest BCUT2D eigenvalue weighted by molar-refractivity contribution is 0.120. The molecule has 0 aliphatic carbocycles. The molecule has 0 saturated carbocycles. The monoisotopic (exact) mass is 192 g/mol. The third kappa shape index (κ3) is 2.12. The fourth-order valence-corrected chi connectivity index (χ4v) is 1.78. The van der Waals surface area contributed by atoms with Gasteiger partial charge in [0.1, 0.15) is 0 Å². The first-order valence-electron chi connectivity index (χ1n) is 5.05. The van der Waals surface area contributed by atoms with Gasteiger partial charge in [0.15, 0.2) is 0 Å². The largest absolute Gasteiger partial charge is 0.387 e. The van der Waals surface area contributed by atoms with E-state index < -0.39 is 6.10 Å². The molecule has 0 radical (unpaired) electrons. The summed E-state index contributed by atoms with van der Waals surface area (Å²) in [7, 11) is 0. The maximum Gasteiger partial charge on any atom is 0.0955 e. The van der Waals surface area contributed by atoms with Crippen LogP contribution < -0.4 is 10.6 Å². The Morgan fingerprint density at radius 2 is 2.00 bits per heavy atom. The number of piperazine rings is 1.